The predicted octanol–water partition coefficient (Wildman–Crippen LogP) is 2.98. The lowest BCUT2D eigenvalue weighted by Crippen LogP contribution is -2.19. The summed E-state index contributed by atoms with van der Waals surface area (Å²) in [7, 11) is 0. The summed E-state index contributed by atoms with van der Waals surface area (Å²) in [5, 5.41) is 4.39. The van der Waals surface area contributed by atoms with Crippen LogP contribution in [0.15, 0.2) is 29.0 Å². The van der Waals surface area contributed by atoms with Crippen LogP contribution in [0.2, 0.25) is 0 Å². The molecule has 0 spiro atoms. The Morgan fingerprint density at radius 1 is 1.39 bits per heavy atom. The number of ether oxygens (including phenoxy) is 1. The number of halogens is 1. The van der Waals surface area contributed by atoms with Gasteiger partial charge >= 0.3 is 0 Å². The zero-order chi connectivity index (χ0) is 12.4. The Balaban J connectivity index is 1.84. The van der Waals surface area contributed by atoms with Crippen LogP contribution in [-0.2, 0) is 4.74 Å². The van der Waals surface area contributed by atoms with Gasteiger partial charge in [-0.25, -0.2) is 9.97 Å². The van der Waals surface area contributed by atoms with E-state index in [1.54, 1.807) is 6.33 Å². The standard InChI is InChI=1S/C13H14BrN3O/c14-9-3-4-12-11(6-9)13(17-8-16-12)15-7-10-2-1-5-18-10/h3-4,6,8,10H,1-2,5,7H2,(H,15,16,17)/t10-/m0/s1. The number of hydrogen-bond acceptors (Lipinski definition) is 4. The molecule has 0 amide bonds. The molecule has 0 radical (unpaired) electrons. The number of aromatic nitrogens is 2. The molecule has 1 saturated heterocycles. The molecule has 3 rings (SSSR count). The number of rotatable bonds is 3. The Morgan fingerprint density at radius 2 is 2.33 bits per heavy atom. The minimum Gasteiger partial charge on any atom is -0.376 e. The van der Waals surface area contributed by atoms with Crippen molar-refractivity contribution in [1.82, 2.24) is 9.97 Å². The zero-order valence-corrected chi connectivity index (χ0v) is 11.5. The van der Waals surface area contributed by atoms with Crippen molar-refractivity contribution in [2.75, 3.05) is 18.5 Å². The number of hydrogen-bond donors (Lipinski definition) is 1. The van der Waals surface area contributed by atoms with Crippen LogP contribution in [0, 0.1) is 0 Å². The fourth-order valence-electron chi connectivity index (χ4n) is 2.19. The first-order valence-electron chi connectivity index (χ1n) is 6.09. The van der Waals surface area contributed by atoms with Crippen LogP contribution in [0.3, 0.4) is 0 Å². The topological polar surface area (TPSA) is 47.0 Å². The van der Waals surface area contributed by atoms with E-state index in [-0.39, 0.29) is 0 Å². The van der Waals surface area contributed by atoms with Gasteiger partial charge in [-0.3, -0.25) is 0 Å². The molecule has 1 aromatic heterocycles. The number of nitrogens with zero attached hydrogens (tertiary/aromatic N) is 2. The third-order valence-electron chi connectivity index (χ3n) is 3.12. The quantitative estimate of drug-likeness (QED) is 0.947. The van der Waals surface area contributed by atoms with Gasteiger partial charge in [0.25, 0.3) is 0 Å². The van der Waals surface area contributed by atoms with Crippen molar-refractivity contribution in [3.8, 4) is 0 Å². The van der Waals surface area contributed by atoms with E-state index >= 15 is 0 Å². The average Bonchev–Trinajstić information content (AvgIpc) is 2.89. The Kier molecular flexibility index (Phi) is 3.43. The van der Waals surface area contributed by atoms with Crippen LogP contribution in [0.25, 0.3) is 10.9 Å². The first-order valence-corrected chi connectivity index (χ1v) is 6.88. The zero-order valence-electron chi connectivity index (χ0n) is 9.90. The molecule has 0 bridgehead atoms. The van der Waals surface area contributed by atoms with E-state index in [1.165, 1.54) is 0 Å². The van der Waals surface area contributed by atoms with E-state index < -0.39 is 0 Å². The van der Waals surface area contributed by atoms with Gasteiger partial charge in [-0.2, -0.15) is 0 Å². The molecular formula is C13H14BrN3O. The maximum atomic E-state index is 5.60. The third kappa shape index (κ3) is 2.47. The second-order valence-electron chi connectivity index (χ2n) is 4.40. The number of fused-ring (bicyclic) bond motifs is 1. The minimum atomic E-state index is 0.308. The molecule has 5 heteroatoms. The summed E-state index contributed by atoms with van der Waals surface area (Å²) in [6.07, 6.45) is 4.18. The van der Waals surface area contributed by atoms with Crippen molar-refractivity contribution < 1.29 is 4.74 Å². The second-order valence-corrected chi connectivity index (χ2v) is 5.32. The molecule has 0 unspecified atom stereocenters. The van der Waals surface area contributed by atoms with Crippen LogP contribution < -0.4 is 5.32 Å². The fourth-order valence-corrected chi connectivity index (χ4v) is 2.55. The maximum absolute atomic E-state index is 5.60. The van der Waals surface area contributed by atoms with Crippen molar-refractivity contribution in [2.45, 2.75) is 18.9 Å². The molecule has 0 aliphatic carbocycles. The van der Waals surface area contributed by atoms with Crippen LogP contribution in [-0.4, -0.2) is 29.2 Å². The number of nitrogens with one attached hydrogen (secondary N) is 1. The summed E-state index contributed by atoms with van der Waals surface area (Å²) >= 11 is 3.48. The largest absolute Gasteiger partial charge is 0.376 e. The molecule has 18 heavy (non-hydrogen) atoms. The molecule has 1 aliphatic heterocycles. The van der Waals surface area contributed by atoms with Crippen molar-refractivity contribution >= 4 is 32.7 Å². The fraction of sp³-hybridized carbons (Fsp3) is 0.385. The summed E-state index contributed by atoms with van der Waals surface area (Å²) in [4.78, 5) is 8.57. The van der Waals surface area contributed by atoms with E-state index in [2.05, 4.69) is 31.2 Å². The summed E-state index contributed by atoms with van der Waals surface area (Å²) in [6, 6.07) is 6.00. The van der Waals surface area contributed by atoms with Crippen LogP contribution in [0.5, 0.6) is 0 Å². The Hall–Kier alpha value is -1.20. The SMILES string of the molecule is Brc1ccc2ncnc(NC[C@@H]3CCCO3)c2c1. The van der Waals surface area contributed by atoms with E-state index in [4.69, 9.17) is 4.74 Å². The van der Waals surface area contributed by atoms with E-state index in [1.807, 2.05) is 18.2 Å². The molecule has 1 atom stereocenters. The lowest BCUT2D eigenvalue weighted by Gasteiger charge is -2.12. The Morgan fingerprint density at radius 3 is 3.17 bits per heavy atom. The molecule has 1 aromatic carbocycles. The first kappa shape index (κ1) is 11.9. The van der Waals surface area contributed by atoms with E-state index in [0.717, 1.165) is 47.2 Å². The Labute approximate surface area is 114 Å². The highest BCUT2D eigenvalue weighted by Crippen LogP contribution is 2.23. The van der Waals surface area contributed by atoms with Gasteiger partial charge in [0, 0.05) is 23.0 Å². The predicted molar refractivity (Wildman–Crippen MR) is 74.7 cm³/mol. The van der Waals surface area contributed by atoms with Gasteiger partial charge in [0.05, 0.1) is 11.6 Å². The molecule has 1 N–H and O–H groups in total. The van der Waals surface area contributed by atoms with Gasteiger partial charge in [-0.05, 0) is 31.0 Å². The lowest BCUT2D eigenvalue weighted by atomic mass is 10.2. The molecule has 94 valence electrons. The molecule has 2 heterocycles. The van der Waals surface area contributed by atoms with Crippen LogP contribution >= 0.6 is 15.9 Å². The van der Waals surface area contributed by atoms with Crippen molar-refractivity contribution in [3.05, 3.63) is 29.0 Å². The van der Waals surface area contributed by atoms with Gasteiger partial charge in [-0.15, -0.1) is 0 Å². The average molecular weight is 308 g/mol. The Bertz CT molecular complexity index is 555. The molecule has 4 nitrogen and oxygen atoms in total. The van der Waals surface area contributed by atoms with Gasteiger partial charge in [0.15, 0.2) is 0 Å². The van der Waals surface area contributed by atoms with E-state index in [0.29, 0.717) is 6.10 Å². The monoisotopic (exact) mass is 307 g/mol. The summed E-state index contributed by atoms with van der Waals surface area (Å²) < 4.78 is 6.63. The van der Waals surface area contributed by atoms with Crippen molar-refractivity contribution in [2.24, 2.45) is 0 Å². The van der Waals surface area contributed by atoms with Gasteiger partial charge < -0.3 is 10.1 Å². The highest BCUT2D eigenvalue weighted by molar-refractivity contribution is 9.10. The normalized spacial score (nSPS) is 19.3. The van der Waals surface area contributed by atoms with Gasteiger partial charge in [-0.1, -0.05) is 15.9 Å². The summed E-state index contributed by atoms with van der Waals surface area (Å²) in [5.41, 5.74) is 0.947. The van der Waals surface area contributed by atoms with Crippen molar-refractivity contribution in [3.63, 3.8) is 0 Å². The van der Waals surface area contributed by atoms with Crippen molar-refractivity contribution in [1.29, 1.82) is 0 Å². The summed E-state index contributed by atoms with van der Waals surface area (Å²) in [5.74, 6) is 0.872. The van der Waals surface area contributed by atoms with Gasteiger partial charge in [0.1, 0.15) is 12.1 Å². The lowest BCUT2D eigenvalue weighted by molar-refractivity contribution is 0.120. The molecule has 1 fully saturated rings. The molecular weight excluding hydrogens is 294 g/mol. The molecule has 1 aliphatic rings. The van der Waals surface area contributed by atoms with Gasteiger partial charge in [0.2, 0.25) is 0 Å². The number of anilines is 1. The first-order chi connectivity index (χ1) is 8.83. The third-order valence-corrected chi connectivity index (χ3v) is 3.61. The molecule has 0 saturated carbocycles. The second kappa shape index (κ2) is 5.20. The smallest absolute Gasteiger partial charge is 0.137 e. The molecule has 2 aromatic rings. The number of benzene rings is 1. The van der Waals surface area contributed by atoms with Crippen LogP contribution in [0.4, 0.5) is 5.82 Å². The highest BCUT2D eigenvalue weighted by Gasteiger charge is 2.15. The summed E-state index contributed by atoms with van der Waals surface area (Å²) in [6.45, 7) is 1.68. The maximum Gasteiger partial charge on any atom is 0.137 e. The van der Waals surface area contributed by atoms with Crippen LogP contribution in [0.1, 0.15) is 12.8 Å². The van der Waals surface area contributed by atoms with E-state index in [9.17, 15) is 0 Å². The highest BCUT2D eigenvalue weighted by atomic mass is 79.9. The minimum absolute atomic E-state index is 0.308.